The van der Waals surface area contributed by atoms with Crippen molar-refractivity contribution in [3.63, 3.8) is 0 Å². The van der Waals surface area contributed by atoms with Gasteiger partial charge in [0.05, 0.1) is 10.6 Å². The van der Waals surface area contributed by atoms with Crippen molar-refractivity contribution in [1.82, 2.24) is 10.2 Å². The Labute approximate surface area is 227 Å². The van der Waals surface area contributed by atoms with Crippen LogP contribution in [0.15, 0.2) is 94.3 Å². The van der Waals surface area contributed by atoms with E-state index in [-0.39, 0.29) is 17.3 Å². The first-order valence-electron chi connectivity index (χ1n) is 12.2. The van der Waals surface area contributed by atoms with Crippen LogP contribution in [0.3, 0.4) is 0 Å². The summed E-state index contributed by atoms with van der Waals surface area (Å²) in [7, 11) is -4.07. The van der Waals surface area contributed by atoms with Gasteiger partial charge in [0.1, 0.15) is 12.6 Å². The number of sulfonamides is 1. The molecular weight excluding hydrogens is 554 g/mol. The molecule has 3 rings (SSSR count). The smallest absolute Gasteiger partial charge is 0.264 e. The maximum atomic E-state index is 13.8. The van der Waals surface area contributed by atoms with Crippen LogP contribution in [0.25, 0.3) is 0 Å². The highest BCUT2D eigenvalue weighted by Crippen LogP contribution is 2.27. The number of carbonyl (C=O) groups is 2. The van der Waals surface area contributed by atoms with E-state index in [0.717, 1.165) is 22.7 Å². The first-order chi connectivity index (χ1) is 17.7. The quantitative estimate of drug-likeness (QED) is 0.304. The number of rotatable bonds is 12. The minimum Gasteiger partial charge on any atom is -0.354 e. The summed E-state index contributed by atoms with van der Waals surface area (Å²) in [5.41, 5.74) is 1.18. The number of amides is 2. The van der Waals surface area contributed by atoms with Crippen molar-refractivity contribution >= 4 is 43.5 Å². The largest absolute Gasteiger partial charge is 0.354 e. The molecule has 0 aliphatic heterocycles. The van der Waals surface area contributed by atoms with Crippen LogP contribution < -0.4 is 9.62 Å². The molecule has 0 heterocycles. The molecule has 0 aliphatic rings. The van der Waals surface area contributed by atoms with Crippen LogP contribution in [0.2, 0.25) is 0 Å². The van der Waals surface area contributed by atoms with Crippen molar-refractivity contribution in [3.8, 4) is 0 Å². The van der Waals surface area contributed by atoms with Crippen molar-refractivity contribution in [3.05, 3.63) is 95.0 Å². The molecule has 0 spiro atoms. The number of benzene rings is 3. The molecule has 3 aromatic rings. The van der Waals surface area contributed by atoms with E-state index < -0.39 is 28.5 Å². The normalized spacial score (nSPS) is 12.0. The van der Waals surface area contributed by atoms with Gasteiger partial charge in [0, 0.05) is 17.6 Å². The molecule has 0 aromatic heterocycles. The van der Waals surface area contributed by atoms with E-state index in [1.165, 1.54) is 17.0 Å². The number of nitrogens with zero attached hydrogens (tertiary/aromatic N) is 2. The lowest BCUT2D eigenvalue weighted by atomic mass is 10.1. The van der Waals surface area contributed by atoms with Crippen molar-refractivity contribution in [1.29, 1.82) is 0 Å². The van der Waals surface area contributed by atoms with Gasteiger partial charge in [0.15, 0.2) is 0 Å². The molecule has 0 unspecified atom stereocenters. The maximum Gasteiger partial charge on any atom is 0.264 e. The third-order valence-corrected chi connectivity index (χ3v) is 8.18. The Hall–Kier alpha value is -3.17. The molecule has 0 saturated carbocycles. The predicted molar refractivity (Wildman–Crippen MR) is 149 cm³/mol. The van der Waals surface area contributed by atoms with Gasteiger partial charge >= 0.3 is 0 Å². The van der Waals surface area contributed by atoms with E-state index in [1.54, 1.807) is 49.4 Å². The third kappa shape index (κ3) is 7.66. The number of hydrogen-bond donors (Lipinski definition) is 1. The molecule has 3 aromatic carbocycles. The standard InChI is InChI=1S/C28H32BrN3O4S/c1-3-4-18-30-28(34)22(2)31(20-23-12-7-5-8-13-23)27(33)21-32(25-15-11-14-24(29)19-25)37(35,36)26-16-9-6-10-17-26/h5-17,19,22H,3-4,18,20-21H2,1-2H3,(H,30,34)/t22-/m1/s1. The van der Waals surface area contributed by atoms with Crippen LogP contribution in [0, 0.1) is 0 Å². The Balaban J connectivity index is 1.97. The number of carbonyl (C=O) groups excluding carboxylic acids is 2. The van der Waals surface area contributed by atoms with E-state index in [2.05, 4.69) is 21.2 Å². The average molecular weight is 587 g/mol. The number of unbranched alkanes of at least 4 members (excludes halogenated alkanes) is 1. The Morgan fingerprint density at radius 1 is 0.946 bits per heavy atom. The first-order valence-corrected chi connectivity index (χ1v) is 14.4. The summed E-state index contributed by atoms with van der Waals surface area (Å²) in [6.45, 7) is 3.91. The van der Waals surface area contributed by atoms with Crippen LogP contribution in [-0.4, -0.2) is 44.3 Å². The molecule has 0 radical (unpaired) electrons. The predicted octanol–water partition coefficient (Wildman–Crippen LogP) is 4.98. The topological polar surface area (TPSA) is 86.8 Å². The summed E-state index contributed by atoms with van der Waals surface area (Å²) >= 11 is 3.40. The highest BCUT2D eigenvalue weighted by molar-refractivity contribution is 9.10. The van der Waals surface area contributed by atoms with Crippen molar-refractivity contribution in [2.24, 2.45) is 0 Å². The van der Waals surface area contributed by atoms with Gasteiger partial charge in [0.2, 0.25) is 11.8 Å². The molecule has 37 heavy (non-hydrogen) atoms. The lowest BCUT2D eigenvalue weighted by molar-refractivity contribution is -0.139. The summed E-state index contributed by atoms with van der Waals surface area (Å²) in [6.07, 6.45) is 1.76. The zero-order valence-corrected chi connectivity index (χ0v) is 23.4. The monoisotopic (exact) mass is 585 g/mol. The highest BCUT2D eigenvalue weighted by Gasteiger charge is 2.32. The fourth-order valence-electron chi connectivity index (χ4n) is 3.78. The van der Waals surface area contributed by atoms with Crippen LogP contribution in [0.4, 0.5) is 5.69 Å². The minimum atomic E-state index is -4.07. The zero-order chi connectivity index (χ0) is 26.8. The van der Waals surface area contributed by atoms with E-state index in [0.29, 0.717) is 16.7 Å². The lowest BCUT2D eigenvalue weighted by Crippen LogP contribution is -2.51. The van der Waals surface area contributed by atoms with E-state index >= 15 is 0 Å². The van der Waals surface area contributed by atoms with Crippen molar-refractivity contribution in [2.45, 2.75) is 44.2 Å². The second kappa shape index (κ2) is 13.4. The molecule has 7 nitrogen and oxygen atoms in total. The number of anilines is 1. The molecule has 0 saturated heterocycles. The molecule has 196 valence electrons. The summed E-state index contributed by atoms with van der Waals surface area (Å²) in [6, 6.07) is 23.3. The Morgan fingerprint density at radius 3 is 2.22 bits per heavy atom. The average Bonchev–Trinajstić information content (AvgIpc) is 2.91. The molecule has 0 aliphatic carbocycles. The fourth-order valence-corrected chi connectivity index (χ4v) is 5.59. The molecule has 2 amide bonds. The van der Waals surface area contributed by atoms with E-state index in [4.69, 9.17) is 0 Å². The van der Waals surface area contributed by atoms with E-state index in [9.17, 15) is 18.0 Å². The summed E-state index contributed by atoms with van der Waals surface area (Å²) in [5, 5.41) is 2.88. The molecule has 9 heteroatoms. The van der Waals surface area contributed by atoms with Crippen LogP contribution >= 0.6 is 15.9 Å². The number of nitrogens with one attached hydrogen (secondary N) is 1. The molecule has 0 fully saturated rings. The summed E-state index contributed by atoms with van der Waals surface area (Å²) in [4.78, 5) is 28.2. The van der Waals surface area contributed by atoms with Gasteiger partial charge in [0.25, 0.3) is 10.0 Å². The fraction of sp³-hybridized carbons (Fsp3) is 0.286. The van der Waals surface area contributed by atoms with Gasteiger partial charge in [-0.3, -0.25) is 13.9 Å². The SMILES string of the molecule is CCCCNC(=O)[C@@H](C)N(Cc1ccccc1)C(=O)CN(c1cccc(Br)c1)S(=O)(=O)c1ccccc1. The lowest BCUT2D eigenvalue weighted by Gasteiger charge is -2.32. The Kier molecular flexibility index (Phi) is 10.3. The Bertz CT molecular complexity index is 1290. The van der Waals surface area contributed by atoms with Gasteiger partial charge < -0.3 is 10.2 Å². The highest BCUT2D eigenvalue weighted by atomic mass is 79.9. The maximum absolute atomic E-state index is 13.8. The number of halogens is 1. The van der Waals surface area contributed by atoms with Crippen LogP contribution in [0.5, 0.6) is 0 Å². The van der Waals surface area contributed by atoms with Crippen LogP contribution in [0.1, 0.15) is 32.3 Å². The molecule has 0 bridgehead atoms. The zero-order valence-electron chi connectivity index (χ0n) is 21.0. The third-order valence-electron chi connectivity index (χ3n) is 5.90. The van der Waals surface area contributed by atoms with E-state index in [1.807, 2.05) is 37.3 Å². The van der Waals surface area contributed by atoms with Crippen molar-refractivity contribution < 1.29 is 18.0 Å². The molecular formula is C28H32BrN3O4S. The summed E-state index contributed by atoms with van der Waals surface area (Å²) in [5.74, 6) is -0.765. The first kappa shape index (κ1) is 28.4. The summed E-state index contributed by atoms with van der Waals surface area (Å²) < 4.78 is 29.2. The van der Waals surface area contributed by atoms with Crippen molar-refractivity contribution in [2.75, 3.05) is 17.4 Å². The number of hydrogen-bond acceptors (Lipinski definition) is 4. The van der Waals surface area contributed by atoms with Gasteiger partial charge in [-0.05, 0) is 49.2 Å². The van der Waals surface area contributed by atoms with Gasteiger partial charge in [-0.25, -0.2) is 8.42 Å². The van der Waals surface area contributed by atoms with Crippen LogP contribution in [-0.2, 0) is 26.2 Å². The second-order valence-electron chi connectivity index (χ2n) is 8.63. The van der Waals surface area contributed by atoms with Gasteiger partial charge in [-0.2, -0.15) is 0 Å². The Morgan fingerprint density at radius 2 is 1.59 bits per heavy atom. The molecule has 1 N–H and O–H groups in total. The minimum absolute atomic E-state index is 0.0720. The molecule has 1 atom stereocenters. The van der Waals surface area contributed by atoms with Gasteiger partial charge in [-0.15, -0.1) is 0 Å². The second-order valence-corrected chi connectivity index (χ2v) is 11.4. The van der Waals surface area contributed by atoms with Gasteiger partial charge in [-0.1, -0.05) is 83.9 Å².